The maximum Gasteiger partial charge on any atom is 0.303 e. The summed E-state index contributed by atoms with van der Waals surface area (Å²) in [6, 6.07) is -0.00843. The number of aryl methyl sites for hydroxylation is 1. The van der Waals surface area contributed by atoms with Crippen molar-refractivity contribution < 1.29 is 14.7 Å². The average Bonchev–Trinajstić information content (AvgIpc) is 3.21. The molecule has 0 bridgehead atoms. The van der Waals surface area contributed by atoms with Crippen molar-refractivity contribution in [2.45, 2.75) is 38.1 Å². The first kappa shape index (κ1) is 16.6. The van der Waals surface area contributed by atoms with Crippen molar-refractivity contribution in [2.24, 2.45) is 7.05 Å². The van der Waals surface area contributed by atoms with E-state index in [2.05, 4.69) is 10.1 Å². The van der Waals surface area contributed by atoms with Gasteiger partial charge in [-0.2, -0.15) is 5.10 Å². The van der Waals surface area contributed by atoms with Crippen LogP contribution in [0.3, 0.4) is 0 Å². The van der Waals surface area contributed by atoms with Gasteiger partial charge in [0.2, 0.25) is 0 Å². The number of carbonyl (C=O) groups excluding carboxylic acids is 1. The summed E-state index contributed by atoms with van der Waals surface area (Å²) in [5, 5.41) is 15.6. The van der Waals surface area contributed by atoms with E-state index < -0.39 is 5.97 Å². The van der Waals surface area contributed by atoms with Crippen LogP contribution in [0.2, 0.25) is 0 Å². The van der Waals surface area contributed by atoms with Crippen molar-refractivity contribution in [3.63, 3.8) is 0 Å². The standard InChI is InChI=1S/C16H20N4O3S/c1-19-9-11(8-17-19)15-18-13(10-24-15)16(23)20-7-3-2-4-12(20)5-6-14(21)22/h8-10,12H,2-7H2,1H3,(H,21,22)/t12-/m0/s1. The third-order valence-corrected chi connectivity index (χ3v) is 5.15. The fourth-order valence-corrected chi connectivity index (χ4v) is 3.81. The number of nitrogens with zero attached hydrogens (tertiary/aromatic N) is 4. The van der Waals surface area contributed by atoms with Gasteiger partial charge in [-0.15, -0.1) is 11.3 Å². The largest absolute Gasteiger partial charge is 0.481 e. The fourth-order valence-electron chi connectivity index (χ4n) is 3.04. The number of aliphatic carboxylic acids is 1. The molecule has 3 heterocycles. The Hall–Kier alpha value is -2.22. The fraction of sp³-hybridized carbons (Fsp3) is 0.500. The van der Waals surface area contributed by atoms with Gasteiger partial charge in [0.15, 0.2) is 0 Å². The van der Waals surface area contributed by atoms with Crippen LogP contribution in [-0.2, 0) is 11.8 Å². The minimum Gasteiger partial charge on any atom is -0.481 e. The lowest BCUT2D eigenvalue weighted by Crippen LogP contribution is -2.44. The van der Waals surface area contributed by atoms with Gasteiger partial charge in [-0.05, 0) is 25.7 Å². The molecular weight excluding hydrogens is 328 g/mol. The van der Waals surface area contributed by atoms with E-state index in [9.17, 15) is 9.59 Å². The third-order valence-electron chi connectivity index (χ3n) is 4.25. The van der Waals surface area contributed by atoms with Crippen LogP contribution in [0.4, 0.5) is 0 Å². The maximum absolute atomic E-state index is 12.8. The van der Waals surface area contributed by atoms with E-state index in [0.29, 0.717) is 18.7 Å². The molecule has 128 valence electrons. The highest BCUT2D eigenvalue weighted by Crippen LogP contribution is 2.26. The van der Waals surface area contributed by atoms with Gasteiger partial charge in [0.05, 0.1) is 6.20 Å². The average molecular weight is 348 g/mol. The third kappa shape index (κ3) is 3.64. The Balaban J connectivity index is 1.74. The van der Waals surface area contributed by atoms with Gasteiger partial charge in [0.1, 0.15) is 10.7 Å². The number of piperidine rings is 1. The normalized spacial score (nSPS) is 17.9. The van der Waals surface area contributed by atoms with E-state index in [1.807, 2.05) is 13.2 Å². The highest BCUT2D eigenvalue weighted by Gasteiger charge is 2.29. The number of hydrogen-bond donors (Lipinski definition) is 1. The molecule has 1 atom stereocenters. The number of likely N-dealkylation sites (tertiary alicyclic amines) is 1. The van der Waals surface area contributed by atoms with Crippen molar-refractivity contribution in [1.82, 2.24) is 19.7 Å². The molecule has 1 aliphatic rings. The second-order valence-electron chi connectivity index (χ2n) is 6.02. The Morgan fingerprint density at radius 2 is 2.25 bits per heavy atom. The molecule has 0 aliphatic carbocycles. The van der Waals surface area contributed by atoms with Gasteiger partial charge in [-0.3, -0.25) is 14.3 Å². The number of aromatic nitrogens is 3. The van der Waals surface area contributed by atoms with Crippen LogP contribution in [0, 0.1) is 0 Å². The molecule has 1 N–H and O–H groups in total. The van der Waals surface area contributed by atoms with Crippen molar-refractivity contribution in [3.05, 3.63) is 23.5 Å². The second-order valence-corrected chi connectivity index (χ2v) is 6.88. The highest BCUT2D eigenvalue weighted by atomic mass is 32.1. The van der Waals surface area contributed by atoms with E-state index >= 15 is 0 Å². The molecule has 1 amide bonds. The predicted molar refractivity (Wildman–Crippen MR) is 89.9 cm³/mol. The summed E-state index contributed by atoms with van der Waals surface area (Å²) in [6.07, 6.45) is 7.03. The first-order chi connectivity index (χ1) is 11.5. The highest BCUT2D eigenvalue weighted by molar-refractivity contribution is 7.13. The Morgan fingerprint density at radius 3 is 2.96 bits per heavy atom. The molecule has 0 saturated carbocycles. The Kier molecular flexibility index (Phi) is 4.94. The molecular formula is C16H20N4O3S. The molecule has 0 spiro atoms. The van der Waals surface area contributed by atoms with Crippen molar-refractivity contribution in [2.75, 3.05) is 6.54 Å². The zero-order valence-electron chi connectivity index (χ0n) is 13.5. The minimum atomic E-state index is -0.819. The topological polar surface area (TPSA) is 88.3 Å². The van der Waals surface area contributed by atoms with Crippen molar-refractivity contribution >= 4 is 23.2 Å². The van der Waals surface area contributed by atoms with Crippen LogP contribution in [0.1, 0.15) is 42.6 Å². The molecule has 8 heteroatoms. The number of carboxylic acid groups (broad SMARTS) is 1. The van der Waals surface area contributed by atoms with E-state index in [4.69, 9.17) is 5.11 Å². The van der Waals surface area contributed by atoms with E-state index in [-0.39, 0.29) is 18.4 Å². The number of thiazole rings is 1. The lowest BCUT2D eigenvalue weighted by atomic mass is 9.97. The molecule has 7 nitrogen and oxygen atoms in total. The van der Waals surface area contributed by atoms with Gasteiger partial charge in [-0.25, -0.2) is 4.98 Å². The van der Waals surface area contributed by atoms with E-state index in [0.717, 1.165) is 29.8 Å². The molecule has 0 unspecified atom stereocenters. The molecule has 3 rings (SSSR count). The number of hydrogen-bond acceptors (Lipinski definition) is 5. The summed E-state index contributed by atoms with van der Waals surface area (Å²) < 4.78 is 1.70. The molecule has 1 fully saturated rings. The van der Waals surface area contributed by atoms with Crippen LogP contribution in [0.25, 0.3) is 10.6 Å². The first-order valence-corrected chi connectivity index (χ1v) is 8.90. The Bertz CT molecular complexity index is 739. The number of amides is 1. The molecule has 1 aliphatic heterocycles. The summed E-state index contributed by atoms with van der Waals surface area (Å²) in [6.45, 7) is 0.670. The minimum absolute atomic E-state index is 0.00843. The molecule has 0 aromatic carbocycles. The lowest BCUT2D eigenvalue weighted by Gasteiger charge is -2.35. The number of carbonyl (C=O) groups is 2. The van der Waals surface area contributed by atoms with Gasteiger partial charge in [0.25, 0.3) is 5.91 Å². The van der Waals surface area contributed by atoms with Crippen molar-refractivity contribution in [3.8, 4) is 10.6 Å². The summed E-state index contributed by atoms with van der Waals surface area (Å²) in [7, 11) is 1.84. The summed E-state index contributed by atoms with van der Waals surface area (Å²) in [4.78, 5) is 29.9. The van der Waals surface area contributed by atoms with Gasteiger partial charge in [0, 0.05) is 43.2 Å². The molecule has 24 heavy (non-hydrogen) atoms. The van der Waals surface area contributed by atoms with E-state index in [1.165, 1.54) is 11.3 Å². The molecule has 2 aromatic heterocycles. The molecule has 1 saturated heterocycles. The monoisotopic (exact) mass is 348 g/mol. The smallest absolute Gasteiger partial charge is 0.303 e. The first-order valence-electron chi connectivity index (χ1n) is 8.02. The van der Waals surface area contributed by atoms with Crippen LogP contribution in [0.5, 0.6) is 0 Å². The second kappa shape index (κ2) is 7.12. The van der Waals surface area contributed by atoms with Gasteiger partial charge in [-0.1, -0.05) is 0 Å². The van der Waals surface area contributed by atoms with Crippen LogP contribution < -0.4 is 0 Å². The molecule has 2 aromatic rings. The zero-order chi connectivity index (χ0) is 17.1. The van der Waals surface area contributed by atoms with Gasteiger partial charge >= 0.3 is 5.97 Å². The molecule has 0 radical (unpaired) electrons. The summed E-state index contributed by atoms with van der Waals surface area (Å²) in [5.41, 5.74) is 1.32. The number of carboxylic acids is 1. The van der Waals surface area contributed by atoms with E-state index in [1.54, 1.807) is 21.2 Å². The van der Waals surface area contributed by atoms with Crippen LogP contribution in [-0.4, -0.2) is 49.2 Å². The van der Waals surface area contributed by atoms with Crippen LogP contribution in [0.15, 0.2) is 17.8 Å². The zero-order valence-corrected chi connectivity index (χ0v) is 14.3. The van der Waals surface area contributed by atoms with Crippen molar-refractivity contribution in [1.29, 1.82) is 0 Å². The summed E-state index contributed by atoms with van der Waals surface area (Å²) >= 11 is 1.42. The summed E-state index contributed by atoms with van der Waals surface area (Å²) in [5.74, 6) is -0.919. The lowest BCUT2D eigenvalue weighted by molar-refractivity contribution is -0.137. The quantitative estimate of drug-likeness (QED) is 0.896. The Labute approximate surface area is 143 Å². The number of rotatable bonds is 5. The van der Waals surface area contributed by atoms with Crippen LogP contribution >= 0.6 is 11.3 Å². The maximum atomic E-state index is 12.8. The SMILES string of the molecule is Cn1cc(-c2nc(C(=O)N3CCCC[C@H]3CCC(=O)O)cs2)cn1. The predicted octanol–water partition coefficient (Wildman–Crippen LogP) is 2.40. The Morgan fingerprint density at radius 1 is 1.42 bits per heavy atom. The van der Waals surface area contributed by atoms with Gasteiger partial charge < -0.3 is 10.0 Å².